The zero-order valence-corrected chi connectivity index (χ0v) is 10.1. The Bertz CT molecular complexity index is 447. The molecule has 5 nitrogen and oxygen atoms in total. The first-order chi connectivity index (χ1) is 7.95. The van der Waals surface area contributed by atoms with E-state index >= 15 is 0 Å². The summed E-state index contributed by atoms with van der Waals surface area (Å²) in [6.07, 6.45) is 0. The highest BCUT2D eigenvalue weighted by Crippen LogP contribution is 2.27. The Hall–Kier alpha value is -1.75. The van der Waals surface area contributed by atoms with Gasteiger partial charge in [0, 0.05) is 6.92 Å². The van der Waals surface area contributed by atoms with Crippen molar-refractivity contribution < 1.29 is 19.4 Å². The molecule has 1 atom stereocenters. The maximum absolute atomic E-state index is 11.0. The van der Waals surface area contributed by atoms with Crippen LogP contribution in [0.3, 0.4) is 0 Å². The number of nitrogens with one attached hydrogen (secondary N) is 1. The zero-order chi connectivity index (χ0) is 13.0. The molecule has 1 unspecified atom stereocenters. The van der Waals surface area contributed by atoms with Crippen LogP contribution in [0.15, 0.2) is 18.2 Å². The van der Waals surface area contributed by atoms with Crippen molar-refractivity contribution in [1.82, 2.24) is 5.32 Å². The maximum Gasteiger partial charge on any atom is 0.330 e. The smallest absolute Gasteiger partial charge is 0.330 e. The Morgan fingerprint density at radius 2 is 2.12 bits per heavy atom. The lowest BCUT2D eigenvalue weighted by Gasteiger charge is -2.14. The molecule has 0 aromatic heterocycles. The Balaban J connectivity index is 3.06. The average Bonchev–Trinajstić information content (AvgIpc) is 2.25. The number of hydrogen-bond donors (Lipinski definition) is 2. The summed E-state index contributed by atoms with van der Waals surface area (Å²) in [4.78, 5) is 21.9. The molecule has 0 aliphatic heterocycles. The molecule has 0 aliphatic carbocycles. The molecule has 1 aromatic carbocycles. The van der Waals surface area contributed by atoms with Gasteiger partial charge in [-0.3, -0.25) is 4.79 Å². The van der Waals surface area contributed by atoms with Crippen LogP contribution in [0.2, 0.25) is 5.02 Å². The van der Waals surface area contributed by atoms with E-state index < -0.39 is 17.9 Å². The van der Waals surface area contributed by atoms with Gasteiger partial charge < -0.3 is 15.2 Å². The first-order valence-corrected chi connectivity index (χ1v) is 5.17. The molecule has 2 N–H and O–H groups in total. The van der Waals surface area contributed by atoms with Gasteiger partial charge in [-0.05, 0) is 17.7 Å². The van der Waals surface area contributed by atoms with Crippen LogP contribution in [0.1, 0.15) is 18.5 Å². The summed E-state index contributed by atoms with van der Waals surface area (Å²) in [7, 11) is 1.46. The molecule has 6 heteroatoms. The van der Waals surface area contributed by atoms with E-state index in [1.54, 1.807) is 12.1 Å². The number of ether oxygens (including phenoxy) is 1. The fraction of sp³-hybridized carbons (Fsp3) is 0.273. The molecule has 0 heterocycles. The molecule has 0 fully saturated rings. The molecule has 0 radical (unpaired) electrons. The van der Waals surface area contributed by atoms with Crippen molar-refractivity contribution in [3.63, 3.8) is 0 Å². The second-order valence-electron chi connectivity index (χ2n) is 3.37. The van der Waals surface area contributed by atoms with Crippen LogP contribution < -0.4 is 10.1 Å². The third kappa shape index (κ3) is 3.35. The van der Waals surface area contributed by atoms with Crippen molar-refractivity contribution in [2.45, 2.75) is 13.0 Å². The fourth-order valence-corrected chi connectivity index (χ4v) is 1.62. The number of carboxylic acid groups (broad SMARTS) is 1. The minimum atomic E-state index is -1.15. The predicted octanol–water partition coefficient (Wildman–Crippen LogP) is 1.61. The number of carbonyl (C=O) groups excluding carboxylic acids is 1. The molecule has 0 spiro atoms. The van der Waals surface area contributed by atoms with Gasteiger partial charge in [-0.25, -0.2) is 4.79 Å². The van der Waals surface area contributed by atoms with E-state index in [4.69, 9.17) is 21.4 Å². The van der Waals surface area contributed by atoms with Crippen molar-refractivity contribution >= 4 is 23.5 Å². The van der Waals surface area contributed by atoms with Crippen molar-refractivity contribution in [3.05, 3.63) is 28.8 Å². The molecule has 0 saturated heterocycles. The first kappa shape index (κ1) is 13.3. The Morgan fingerprint density at radius 3 is 2.53 bits per heavy atom. The Kier molecular flexibility index (Phi) is 4.34. The quantitative estimate of drug-likeness (QED) is 0.859. The van der Waals surface area contributed by atoms with E-state index in [9.17, 15) is 9.59 Å². The maximum atomic E-state index is 11.0. The van der Waals surface area contributed by atoms with Crippen LogP contribution in [0.25, 0.3) is 0 Å². The summed E-state index contributed by atoms with van der Waals surface area (Å²) in [5, 5.41) is 11.6. The van der Waals surface area contributed by atoms with Gasteiger partial charge in [0.15, 0.2) is 6.04 Å². The van der Waals surface area contributed by atoms with Gasteiger partial charge in [0.2, 0.25) is 5.91 Å². The molecule has 1 aromatic rings. The monoisotopic (exact) mass is 257 g/mol. The van der Waals surface area contributed by atoms with Crippen LogP contribution in [-0.4, -0.2) is 24.1 Å². The minimum absolute atomic E-state index is 0.293. The molecular weight excluding hydrogens is 246 g/mol. The molecule has 17 heavy (non-hydrogen) atoms. The van der Waals surface area contributed by atoms with E-state index in [1.807, 2.05) is 0 Å². The van der Waals surface area contributed by atoms with Crippen molar-refractivity contribution in [2.24, 2.45) is 0 Å². The van der Waals surface area contributed by atoms with E-state index in [0.29, 0.717) is 16.3 Å². The second kappa shape index (κ2) is 5.54. The molecule has 0 aliphatic rings. The van der Waals surface area contributed by atoms with Crippen LogP contribution in [0.4, 0.5) is 0 Å². The highest BCUT2D eigenvalue weighted by atomic mass is 35.5. The van der Waals surface area contributed by atoms with Crippen molar-refractivity contribution in [3.8, 4) is 5.75 Å². The highest BCUT2D eigenvalue weighted by molar-refractivity contribution is 6.32. The Morgan fingerprint density at radius 1 is 1.47 bits per heavy atom. The number of benzene rings is 1. The largest absolute Gasteiger partial charge is 0.495 e. The number of aliphatic carboxylic acids is 1. The number of carbonyl (C=O) groups is 2. The number of methoxy groups -OCH3 is 1. The van der Waals surface area contributed by atoms with Gasteiger partial charge >= 0.3 is 5.97 Å². The van der Waals surface area contributed by atoms with E-state index in [2.05, 4.69) is 5.32 Å². The normalized spacial score (nSPS) is 11.7. The standard InChI is InChI=1S/C11H12ClNO4/c1-6(14)13-10(11(15)16)7-3-4-9(17-2)8(12)5-7/h3-5,10H,1-2H3,(H,13,14)(H,15,16). The SMILES string of the molecule is COc1ccc(C(NC(C)=O)C(=O)O)cc1Cl. The highest BCUT2D eigenvalue weighted by Gasteiger charge is 2.21. The number of amides is 1. The van der Waals surface area contributed by atoms with E-state index in [1.165, 1.54) is 20.1 Å². The molecule has 1 amide bonds. The summed E-state index contributed by atoms with van der Waals surface area (Å²) >= 11 is 5.88. The molecular formula is C11H12ClNO4. The van der Waals surface area contributed by atoms with Crippen molar-refractivity contribution in [1.29, 1.82) is 0 Å². The van der Waals surface area contributed by atoms with Gasteiger partial charge in [-0.1, -0.05) is 17.7 Å². The summed E-state index contributed by atoms with van der Waals surface area (Å²) in [6, 6.07) is 3.43. The minimum Gasteiger partial charge on any atom is -0.495 e. The number of halogens is 1. The summed E-state index contributed by atoms with van der Waals surface area (Å²) in [5.74, 6) is -1.13. The molecule has 1 rings (SSSR count). The van der Waals surface area contributed by atoms with Gasteiger partial charge in [0.25, 0.3) is 0 Å². The third-order valence-corrected chi connectivity index (χ3v) is 2.40. The van der Waals surface area contributed by atoms with Crippen LogP contribution in [-0.2, 0) is 9.59 Å². The van der Waals surface area contributed by atoms with Gasteiger partial charge in [-0.15, -0.1) is 0 Å². The lowest BCUT2D eigenvalue weighted by Crippen LogP contribution is -2.31. The molecule has 0 bridgehead atoms. The lowest BCUT2D eigenvalue weighted by molar-refractivity contribution is -0.141. The Labute approximate surface area is 103 Å². The summed E-state index contributed by atoms with van der Waals surface area (Å²) in [5.41, 5.74) is 0.388. The van der Waals surface area contributed by atoms with Gasteiger partial charge in [-0.2, -0.15) is 0 Å². The van der Waals surface area contributed by atoms with Gasteiger partial charge in [0.1, 0.15) is 5.75 Å². The van der Waals surface area contributed by atoms with E-state index in [-0.39, 0.29) is 0 Å². The van der Waals surface area contributed by atoms with Crippen molar-refractivity contribution in [2.75, 3.05) is 7.11 Å². The second-order valence-corrected chi connectivity index (χ2v) is 3.77. The van der Waals surface area contributed by atoms with Gasteiger partial charge in [0.05, 0.1) is 12.1 Å². The van der Waals surface area contributed by atoms with E-state index in [0.717, 1.165) is 0 Å². The van der Waals surface area contributed by atoms with Crippen LogP contribution in [0.5, 0.6) is 5.75 Å². The molecule has 0 saturated carbocycles. The zero-order valence-electron chi connectivity index (χ0n) is 9.36. The summed E-state index contributed by atoms with van der Waals surface area (Å²) in [6.45, 7) is 1.25. The first-order valence-electron chi connectivity index (χ1n) is 4.79. The number of carboxylic acids is 1. The predicted molar refractivity (Wildman–Crippen MR) is 62.2 cm³/mol. The fourth-order valence-electron chi connectivity index (χ4n) is 1.35. The average molecular weight is 258 g/mol. The van der Waals surface area contributed by atoms with Crippen LogP contribution >= 0.6 is 11.6 Å². The number of rotatable bonds is 4. The topological polar surface area (TPSA) is 75.6 Å². The van der Waals surface area contributed by atoms with Crippen LogP contribution in [0, 0.1) is 0 Å². The molecule has 92 valence electrons. The number of hydrogen-bond acceptors (Lipinski definition) is 3. The lowest BCUT2D eigenvalue weighted by atomic mass is 10.1. The third-order valence-electron chi connectivity index (χ3n) is 2.10. The summed E-state index contributed by atoms with van der Waals surface area (Å²) < 4.78 is 4.95.